The summed E-state index contributed by atoms with van der Waals surface area (Å²) in [6.45, 7) is 2.00. The zero-order valence-electron chi connectivity index (χ0n) is 8.98. The maximum atomic E-state index is 10.8. The molecule has 0 amide bonds. The summed E-state index contributed by atoms with van der Waals surface area (Å²) in [5.74, 6) is 0. The first kappa shape index (κ1) is 11.8. The van der Waals surface area contributed by atoms with E-state index in [0.717, 1.165) is 15.6 Å². The van der Waals surface area contributed by atoms with Crippen LogP contribution in [0.3, 0.4) is 0 Å². The molecule has 1 nitrogen and oxygen atoms in total. The van der Waals surface area contributed by atoms with Crippen LogP contribution in [0.2, 0.25) is 0 Å². The molecule has 0 aliphatic rings. The first-order valence-electron chi connectivity index (χ1n) is 5.18. The fraction of sp³-hybridized carbons (Fsp3) is 0.231. The first-order chi connectivity index (χ1) is 7.66. The van der Waals surface area contributed by atoms with Crippen molar-refractivity contribution in [3.63, 3.8) is 0 Å². The van der Waals surface area contributed by atoms with E-state index in [1.54, 1.807) is 11.3 Å². The predicted octanol–water partition coefficient (Wildman–Crippen LogP) is 4.16. The van der Waals surface area contributed by atoms with Gasteiger partial charge in [-0.25, -0.2) is 0 Å². The van der Waals surface area contributed by atoms with E-state index in [2.05, 4.69) is 15.9 Å². The molecule has 1 N–H and O–H groups in total. The van der Waals surface area contributed by atoms with Gasteiger partial charge in [0.1, 0.15) is 5.60 Å². The molecule has 0 saturated heterocycles. The molecule has 0 bridgehead atoms. The molecule has 1 unspecified atom stereocenters. The zero-order chi connectivity index (χ0) is 11.6. The summed E-state index contributed by atoms with van der Waals surface area (Å²) < 4.78 is 0.993. The molecular formula is C13H13BrOS. The number of benzene rings is 1. The Balaban J connectivity index is 2.50. The fourth-order valence-corrected chi connectivity index (χ4v) is 2.94. The summed E-state index contributed by atoms with van der Waals surface area (Å²) in [7, 11) is 0. The second-order valence-electron chi connectivity index (χ2n) is 3.74. The van der Waals surface area contributed by atoms with Crippen molar-refractivity contribution in [2.75, 3.05) is 0 Å². The number of thiophene rings is 1. The van der Waals surface area contributed by atoms with Crippen LogP contribution >= 0.6 is 27.3 Å². The van der Waals surface area contributed by atoms with Crippen LogP contribution in [0, 0.1) is 0 Å². The van der Waals surface area contributed by atoms with Crippen LogP contribution in [-0.2, 0) is 5.60 Å². The molecule has 0 radical (unpaired) electrons. The molecule has 0 aliphatic carbocycles. The van der Waals surface area contributed by atoms with Crippen molar-refractivity contribution in [2.24, 2.45) is 0 Å². The molecule has 2 rings (SSSR count). The number of rotatable bonds is 3. The minimum absolute atomic E-state index is 0.667. The summed E-state index contributed by atoms with van der Waals surface area (Å²) >= 11 is 5.05. The van der Waals surface area contributed by atoms with E-state index in [1.165, 1.54) is 0 Å². The van der Waals surface area contributed by atoms with Gasteiger partial charge in [0.2, 0.25) is 0 Å². The van der Waals surface area contributed by atoms with Crippen LogP contribution in [0.5, 0.6) is 0 Å². The SMILES string of the molecule is CCC(O)(c1ccsc1)c1cccc(Br)c1. The summed E-state index contributed by atoms with van der Waals surface area (Å²) in [5, 5.41) is 14.8. The number of halogens is 1. The van der Waals surface area contributed by atoms with Gasteiger partial charge in [0.15, 0.2) is 0 Å². The quantitative estimate of drug-likeness (QED) is 0.902. The van der Waals surface area contributed by atoms with Crippen molar-refractivity contribution >= 4 is 27.3 Å². The highest BCUT2D eigenvalue weighted by atomic mass is 79.9. The van der Waals surface area contributed by atoms with Crippen LogP contribution in [0.25, 0.3) is 0 Å². The fourth-order valence-electron chi connectivity index (χ4n) is 1.82. The van der Waals surface area contributed by atoms with Crippen molar-refractivity contribution in [1.29, 1.82) is 0 Å². The maximum Gasteiger partial charge on any atom is 0.115 e. The lowest BCUT2D eigenvalue weighted by Gasteiger charge is -2.27. The molecule has 1 aromatic carbocycles. The summed E-state index contributed by atoms with van der Waals surface area (Å²) in [6.07, 6.45) is 0.667. The molecule has 0 fully saturated rings. The second-order valence-corrected chi connectivity index (χ2v) is 5.43. The normalized spacial score (nSPS) is 14.7. The van der Waals surface area contributed by atoms with Crippen molar-refractivity contribution in [2.45, 2.75) is 18.9 Å². The van der Waals surface area contributed by atoms with E-state index in [1.807, 2.05) is 48.0 Å². The van der Waals surface area contributed by atoms with Crippen LogP contribution in [-0.4, -0.2) is 5.11 Å². The van der Waals surface area contributed by atoms with Gasteiger partial charge in [-0.2, -0.15) is 11.3 Å². The van der Waals surface area contributed by atoms with Crippen molar-refractivity contribution in [3.05, 3.63) is 56.7 Å². The van der Waals surface area contributed by atoms with Crippen LogP contribution in [0.1, 0.15) is 24.5 Å². The highest BCUT2D eigenvalue weighted by Crippen LogP contribution is 2.34. The van der Waals surface area contributed by atoms with E-state index in [4.69, 9.17) is 0 Å². The topological polar surface area (TPSA) is 20.2 Å². The smallest absolute Gasteiger partial charge is 0.115 e. The molecule has 1 aromatic heterocycles. The summed E-state index contributed by atoms with van der Waals surface area (Å²) in [4.78, 5) is 0. The Hall–Kier alpha value is -0.640. The lowest BCUT2D eigenvalue weighted by atomic mass is 9.86. The van der Waals surface area contributed by atoms with E-state index in [-0.39, 0.29) is 0 Å². The molecule has 0 aliphatic heterocycles. The Labute approximate surface area is 108 Å². The van der Waals surface area contributed by atoms with Crippen LogP contribution in [0.4, 0.5) is 0 Å². The first-order valence-corrected chi connectivity index (χ1v) is 6.91. The largest absolute Gasteiger partial charge is 0.380 e. The third-order valence-electron chi connectivity index (χ3n) is 2.81. The molecule has 3 heteroatoms. The Morgan fingerprint density at radius 1 is 1.31 bits per heavy atom. The van der Waals surface area contributed by atoms with Gasteiger partial charge in [-0.3, -0.25) is 0 Å². The molecule has 0 saturated carbocycles. The maximum absolute atomic E-state index is 10.8. The second kappa shape index (κ2) is 4.70. The lowest BCUT2D eigenvalue weighted by Crippen LogP contribution is -2.25. The zero-order valence-corrected chi connectivity index (χ0v) is 11.4. The third kappa shape index (κ3) is 2.08. The minimum Gasteiger partial charge on any atom is -0.380 e. The predicted molar refractivity (Wildman–Crippen MR) is 71.8 cm³/mol. The Kier molecular flexibility index (Phi) is 3.47. The van der Waals surface area contributed by atoms with Gasteiger partial charge < -0.3 is 5.11 Å². The van der Waals surface area contributed by atoms with E-state index in [0.29, 0.717) is 6.42 Å². The van der Waals surface area contributed by atoms with E-state index >= 15 is 0 Å². The number of hydrogen-bond acceptors (Lipinski definition) is 2. The monoisotopic (exact) mass is 296 g/mol. The van der Waals surface area contributed by atoms with E-state index < -0.39 is 5.60 Å². The standard InChI is InChI=1S/C13H13BrOS/c1-2-13(15,11-6-7-16-9-11)10-4-3-5-12(14)8-10/h3-9,15H,2H2,1H3. The lowest BCUT2D eigenvalue weighted by molar-refractivity contribution is 0.0769. The molecular weight excluding hydrogens is 284 g/mol. The average Bonchev–Trinajstić information content (AvgIpc) is 2.82. The van der Waals surface area contributed by atoms with Gasteiger partial charge >= 0.3 is 0 Å². The molecule has 16 heavy (non-hydrogen) atoms. The number of aliphatic hydroxyl groups is 1. The van der Waals surface area contributed by atoms with Gasteiger partial charge in [0.05, 0.1) is 0 Å². The summed E-state index contributed by atoms with van der Waals surface area (Å²) in [5.41, 5.74) is 1.03. The highest BCUT2D eigenvalue weighted by molar-refractivity contribution is 9.10. The van der Waals surface area contributed by atoms with Gasteiger partial charge in [-0.1, -0.05) is 35.0 Å². The highest BCUT2D eigenvalue weighted by Gasteiger charge is 2.29. The molecule has 2 aromatic rings. The van der Waals surface area contributed by atoms with Gasteiger partial charge in [-0.05, 0) is 46.5 Å². The Morgan fingerprint density at radius 3 is 2.69 bits per heavy atom. The molecule has 1 heterocycles. The summed E-state index contributed by atoms with van der Waals surface area (Å²) in [6, 6.07) is 9.84. The van der Waals surface area contributed by atoms with E-state index in [9.17, 15) is 5.11 Å². The van der Waals surface area contributed by atoms with Crippen LogP contribution < -0.4 is 0 Å². The molecule has 0 spiro atoms. The number of hydrogen-bond donors (Lipinski definition) is 1. The van der Waals surface area contributed by atoms with Crippen molar-refractivity contribution in [3.8, 4) is 0 Å². The molecule has 1 atom stereocenters. The van der Waals surface area contributed by atoms with Crippen molar-refractivity contribution in [1.82, 2.24) is 0 Å². The van der Waals surface area contributed by atoms with Gasteiger partial charge in [0.25, 0.3) is 0 Å². The Bertz CT molecular complexity index is 467. The molecule has 84 valence electrons. The van der Waals surface area contributed by atoms with Gasteiger partial charge in [-0.15, -0.1) is 0 Å². The van der Waals surface area contributed by atoms with Crippen molar-refractivity contribution < 1.29 is 5.11 Å². The third-order valence-corrected chi connectivity index (χ3v) is 3.99. The minimum atomic E-state index is -0.871. The average molecular weight is 297 g/mol. The van der Waals surface area contributed by atoms with Crippen LogP contribution in [0.15, 0.2) is 45.6 Å². The van der Waals surface area contributed by atoms with Gasteiger partial charge in [0, 0.05) is 4.47 Å². The Morgan fingerprint density at radius 2 is 2.12 bits per heavy atom.